The molecule has 0 radical (unpaired) electrons. The van der Waals surface area contributed by atoms with Crippen LogP contribution in [0, 0.1) is 6.92 Å². The highest BCUT2D eigenvalue weighted by atomic mass is 16.6. The summed E-state index contributed by atoms with van der Waals surface area (Å²) in [5.41, 5.74) is 2.31. The van der Waals surface area contributed by atoms with Crippen LogP contribution in [0.25, 0.3) is 21.5 Å². The Kier molecular flexibility index (Phi) is 5.00. The molecule has 1 N–H and O–H groups in total. The van der Waals surface area contributed by atoms with Gasteiger partial charge in [0, 0.05) is 6.42 Å². The van der Waals surface area contributed by atoms with Crippen molar-refractivity contribution in [2.24, 2.45) is 0 Å². The van der Waals surface area contributed by atoms with Crippen LogP contribution in [-0.2, 0) is 16.0 Å². The van der Waals surface area contributed by atoms with Crippen LogP contribution >= 0.6 is 0 Å². The highest BCUT2D eigenvalue weighted by Crippen LogP contribution is 2.20. The lowest BCUT2D eigenvalue weighted by Crippen LogP contribution is -2.29. The van der Waals surface area contributed by atoms with E-state index < -0.39 is 18.0 Å². The summed E-state index contributed by atoms with van der Waals surface area (Å²) in [5.74, 6) is -1.80. The van der Waals surface area contributed by atoms with Crippen molar-refractivity contribution in [3.05, 3.63) is 95.6 Å². The van der Waals surface area contributed by atoms with Gasteiger partial charge in [-0.25, -0.2) is 9.59 Å². The molecule has 29 heavy (non-hydrogen) atoms. The Morgan fingerprint density at radius 2 is 1.48 bits per heavy atom. The molecule has 4 aromatic carbocycles. The molecule has 4 heteroatoms. The first-order valence-corrected chi connectivity index (χ1v) is 9.41. The molecule has 0 saturated carbocycles. The third kappa shape index (κ3) is 4.11. The first-order valence-electron chi connectivity index (χ1n) is 9.41. The Morgan fingerprint density at radius 3 is 2.28 bits per heavy atom. The molecule has 0 aliphatic rings. The quantitative estimate of drug-likeness (QED) is 0.483. The third-order valence-corrected chi connectivity index (χ3v) is 4.99. The summed E-state index contributed by atoms with van der Waals surface area (Å²) in [6, 6.07) is 24.7. The Bertz CT molecular complexity index is 1230. The number of ether oxygens (including phenoxy) is 1. The van der Waals surface area contributed by atoms with Crippen molar-refractivity contribution >= 4 is 33.5 Å². The SMILES string of the molecule is Cc1ccc2cc(CC(OC(=O)c3ccc4ccccc4c3)C(=O)O)ccc2c1. The Balaban J connectivity index is 1.55. The molecule has 0 fully saturated rings. The van der Waals surface area contributed by atoms with E-state index in [2.05, 4.69) is 6.07 Å². The van der Waals surface area contributed by atoms with Gasteiger partial charge in [0.1, 0.15) is 0 Å². The van der Waals surface area contributed by atoms with Gasteiger partial charge < -0.3 is 9.84 Å². The zero-order valence-electron chi connectivity index (χ0n) is 16.0. The Hall–Kier alpha value is -3.66. The number of aryl methyl sites for hydroxylation is 1. The number of fused-ring (bicyclic) bond motifs is 2. The summed E-state index contributed by atoms with van der Waals surface area (Å²) in [6.07, 6.45) is -1.14. The molecule has 0 amide bonds. The molecule has 0 heterocycles. The third-order valence-electron chi connectivity index (χ3n) is 4.99. The second kappa shape index (κ2) is 7.76. The lowest BCUT2D eigenvalue weighted by atomic mass is 10.0. The normalized spacial score (nSPS) is 12.0. The van der Waals surface area contributed by atoms with Crippen LogP contribution in [0.2, 0.25) is 0 Å². The summed E-state index contributed by atoms with van der Waals surface area (Å²) in [7, 11) is 0. The maximum Gasteiger partial charge on any atom is 0.345 e. The molecule has 0 spiro atoms. The summed E-state index contributed by atoms with van der Waals surface area (Å²) in [5, 5.41) is 13.6. The number of rotatable bonds is 5. The van der Waals surface area contributed by atoms with Gasteiger partial charge >= 0.3 is 11.9 Å². The molecule has 0 bridgehead atoms. The van der Waals surface area contributed by atoms with Crippen molar-refractivity contribution < 1.29 is 19.4 Å². The topological polar surface area (TPSA) is 63.6 Å². The van der Waals surface area contributed by atoms with Crippen molar-refractivity contribution in [3.8, 4) is 0 Å². The minimum atomic E-state index is -1.25. The fraction of sp³-hybridized carbons (Fsp3) is 0.120. The Morgan fingerprint density at radius 1 is 0.828 bits per heavy atom. The maximum atomic E-state index is 12.6. The van der Waals surface area contributed by atoms with Crippen LogP contribution in [0.15, 0.2) is 78.9 Å². The smallest absolute Gasteiger partial charge is 0.345 e. The average molecular weight is 384 g/mol. The molecule has 0 aromatic heterocycles. The van der Waals surface area contributed by atoms with Crippen LogP contribution < -0.4 is 0 Å². The highest BCUT2D eigenvalue weighted by Gasteiger charge is 2.24. The molecule has 1 atom stereocenters. The first kappa shape index (κ1) is 18.7. The maximum absolute atomic E-state index is 12.6. The number of aliphatic carboxylic acids is 1. The lowest BCUT2D eigenvalue weighted by molar-refractivity contribution is -0.147. The Labute approximate surface area is 168 Å². The predicted molar refractivity (Wildman–Crippen MR) is 113 cm³/mol. The second-order valence-corrected chi connectivity index (χ2v) is 7.18. The van der Waals surface area contributed by atoms with Gasteiger partial charge in [-0.15, -0.1) is 0 Å². The van der Waals surface area contributed by atoms with Gasteiger partial charge in [-0.3, -0.25) is 0 Å². The van der Waals surface area contributed by atoms with Gasteiger partial charge in [-0.2, -0.15) is 0 Å². The van der Waals surface area contributed by atoms with Gasteiger partial charge in [0.05, 0.1) is 5.56 Å². The van der Waals surface area contributed by atoms with Crippen molar-refractivity contribution in [1.29, 1.82) is 0 Å². The van der Waals surface area contributed by atoms with Crippen LogP contribution in [0.3, 0.4) is 0 Å². The monoisotopic (exact) mass is 384 g/mol. The largest absolute Gasteiger partial charge is 0.478 e. The summed E-state index contributed by atoms with van der Waals surface area (Å²) in [4.78, 5) is 24.3. The number of carbonyl (C=O) groups is 2. The predicted octanol–water partition coefficient (Wildman–Crippen LogP) is 5.15. The van der Waals surface area contributed by atoms with E-state index in [1.54, 1.807) is 12.1 Å². The number of carboxylic acids is 1. The number of hydrogen-bond donors (Lipinski definition) is 1. The van der Waals surface area contributed by atoms with E-state index in [4.69, 9.17) is 4.74 Å². The molecule has 4 nitrogen and oxygen atoms in total. The molecule has 0 saturated heterocycles. The van der Waals surface area contributed by atoms with Crippen LogP contribution in [0.5, 0.6) is 0 Å². The van der Waals surface area contributed by atoms with E-state index in [9.17, 15) is 14.7 Å². The zero-order chi connectivity index (χ0) is 20.4. The minimum absolute atomic E-state index is 0.110. The van der Waals surface area contributed by atoms with Gasteiger partial charge in [0.15, 0.2) is 0 Å². The van der Waals surface area contributed by atoms with E-state index in [1.807, 2.05) is 67.6 Å². The van der Waals surface area contributed by atoms with Crippen LogP contribution in [0.1, 0.15) is 21.5 Å². The van der Waals surface area contributed by atoms with E-state index in [0.29, 0.717) is 5.56 Å². The number of carboxylic acid groups (broad SMARTS) is 1. The number of esters is 1. The second-order valence-electron chi connectivity index (χ2n) is 7.18. The number of hydrogen-bond acceptors (Lipinski definition) is 3. The van der Waals surface area contributed by atoms with Crippen molar-refractivity contribution in [2.75, 3.05) is 0 Å². The minimum Gasteiger partial charge on any atom is -0.478 e. The fourth-order valence-corrected chi connectivity index (χ4v) is 3.45. The van der Waals surface area contributed by atoms with Gasteiger partial charge in [0.2, 0.25) is 6.10 Å². The van der Waals surface area contributed by atoms with E-state index in [0.717, 1.165) is 32.7 Å². The molecule has 4 aromatic rings. The molecule has 0 aliphatic carbocycles. The van der Waals surface area contributed by atoms with E-state index in [1.165, 1.54) is 0 Å². The first-order chi connectivity index (χ1) is 14.0. The van der Waals surface area contributed by atoms with Gasteiger partial charge in [0.25, 0.3) is 0 Å². The van der Waals surface area contributed by atoms with Crippen LogP contribution in [-0.4, -0.2) is 23.1 Å². The molecule has 0 aliphatic heterocycles. The van der Waals surface area contributed by atoms with E-state index in [-0.39, 0.29) is 6.42 Å². The molecular formula is C25H20O4. The molecule has 1 unspecified atom stereocenters. The summed E-state index contributed by atoms with van der Waals surface area (Å²) >= 11 is 0. The molecular weight excluding hydrogens is 364 g/mol. The zero-order valence-corrected chi connectivity index (χ0v) is 16.0. The molecule has 144 valence electrons. The number of benzene rings is 4. The van der Waals surface area contributed by atoms with Crippen molar-refractivity contribution in [2.45, 2.75) is 19.4 Å². The average Bonchev–Trinajstić information content (AvgIpc) is 2.72. The standard InChI is InChI=1S/C25H20O4/c1-16-6-8-21-13-17(7-9-20(21)12-16)14-23(24(26)27)29-25(28)22-11-10-18-4-2-3-5-19(18)15-22/h2-13,15,23H,14H2,1H3,(H,26,27). The van der Waals surface area contributed by atoms with E-state index >= 15 is 0 Å². The van der Waals surface area contributed by atoms with Gasteiger partial charge in [-0.05, 0) is 46.2 Å². The fourth-order valence-electron chi connectivity index (χ4n) is 3.45. The van der Waals surface area contributed by atoms with Gasteiger partial charge in [-0.1, -0.05) is 72.3 Å². The summed E-state index contributed by atoms with van der Waals surface area (Å²) < 4.78 is 5.34. The molecule has 4 rings (SSSR count). The highest BCUT2D eigenvalue weighted by molar-refractivity contribution is 5.96. The summed E-state index contributed by atoms with van der Waals surface area (Å²) in [6.45, 7) is 2.03. The number of carbonyl (C=O) groups excluding carboxylic acids is 1. The van der Waals surface area contributed by atoms with Crippen molar-refractivity contribution in [3.63, 3.8) is 0 Å². The lowest BCUT2D eigenvalue weighted by Gasteiger charge is -2.15. The van der Waals surface area contributed by atoms with Crippen molar-refractivity contribution in [1.82, 2.24) is 0 Å². The van der Waals surface area contributed by atoms with Crippen LogP contribution in [0.4, 0.5) is 0 Å².